The summed E-state index contributed by atoms with van der Waals surface area (Å²) in [6.45, 7) is 4.20. The lowest BCUT2D eigenvalue weighted by Crippen LogP contribution is -2.73. The number of benzene rings is 4. The molecule has 4 heterocycles. The lowest BCUT2D eigenvalue weighted by molar-refractivity contribution is -0.480. The Morgan fingerprint density at radius 1 is 0.627 bits per heavy atom. The van der Waals surface area contributed by atoms with Crippen LogP contribution in [0, 0.1) is 0 Å². The molecule has 0 bridgehead atoms. The van der Waals surface area contributed by atoms with Gasteiger partial charge in [0.1, 0.15) is 42.7 Å². The quantitative estimate of drug-likeness (QED) is 0.0684. The summed E-state index contributed by atoms with van der Waals surface area (Å²) in [5, 5.41) is 0. The molecular formula is C49H59O17P. The third-order valence-electron chi connectivity index (χ3n) is 12.2. The average molecular weight is 951 g/mol. The van der Waals surface area contributed by atoms with Crippen molar-refractivity contribution in [3.63, 3.8) is 0 Å². The number of ether oxygens (including phenoxy) is 12. The van der Waals surface area contributed by atoms with Crippen molar-refractivity contribution in [3.05, 3.63) is 144 Å². The second kappa shape index (κ2) is 22.2. The van der Waals surface area contributed by atoms with Gasteiger partial charge in [-0.05, 0) is 30.5 Å². The highest BCUT2D eigenvalue weighted by Gasteiger charge is 2.63. The maximum Gasteiger partial charge on any atom is 0.477 e. The van der Waals surface area contributed by atoms with E-state index in [2.05, 4.69) is 0 Å². The molecule has 4 fully saturated rings. The molecule has 4 saturated heterocycles. The molecule has 17 nitrogen and oxygen atoms in total. The molecule has 0 spiro atoms. The van der Waals surface area contributed by atoms with Gasteiger partial charge in [0.05, 0.1) is 33.0 Å². The zero-order valence-corrected chi connectivity index (χ0v) is 39.2. The fraction of sp³-hybridized carbons (Fsp3) is 0.490. The van der Waals surface area contributed by atoms with Gasteiger partial charge in [0, 0.05) is 33.8 Å². The van der Waals surface area contributed by atoms with Crippen LogP contribution in [-0.2, 0) is 99.6 Å². The molecule has 4 aliphatic rings. The molecule has 0 aliphatic carbocycles. The Labute approximate surface area is 390 Å². The van der Waals surface area contributed by atoms with Crippen LogP contribution in [0.2, 0.25) is 0 Å². The van der Waals surface area contributed by atoms with E-state index in [0.29, 0.717) is 5.56 Å². The minimum Gasteiger partial charge on any atom is -0.457 e. The van der Waals surface area contributed by atoms with Gasteiger partial charge in [-0.25, -0.2) is 4.57 Å². The van der Waals surface area contributed by atoms with Crippen molar-refractivity contribution in [3.8, 4) is 0 Å². The number of carbonyl (C=O) groups excluding carboxylic acids is 1. The molecule has 0 aromatic heterocycles. The van der Waals surface area contributed by atoms with Crippen molar-refractivity contribution in [1.82, 2.24) is 0 Å². The molecule has 14 atom stereocenters. The van der Waals surface area contributed by atoms with Crippen LogP contribution in [-0.4, -0.2) is 113 Å². The highest BCUT2D eigenvalue weighted by Crippen LogP contribution is 2.55. The summed E-state index contributed by atoms with van der Waals surface area (Å²) in [7, 11) is -0.342. The largest absolute Gasteiger partial charge is 0.477 e. The zero-order valence-electron chi connectivity index (χ0n) is 38.3. The summed E-state index contributed by atoms with van der Waals surface area (Å²) in [5.74, 6) is -3.54. The first-order valence-electron chi connectivity index (χ1n) is 22.1. The van der Waals surface area contributed by atoms with E-state index in [0.717, 1.165) is 16.7 Å². The number of phosphoric acid groups is 1. The molecule has 1 unspecified atom stereocenters. The van der Waals surface area contributed by atoms with Gasteiger partial charge in [0.25, 0.3) is 0 Å². The molecule has 67 heavy (non-hydrogen) atoms. The fourth-order valence-corrected chi connectivity index (χ4v) is 9.68. The molecule has 0 saturated carbocycles. The van der Waals surface area contributed by atoms with Crippen molar-refractivity contribution in [1.29, 1.82) is 0 Å². The van der Waals surface area contributed by atoms with Crippen LogP contribution in [0.15, 0.2) is 121 Å². The highest BCUT2D eigenvalue weighted by atomic mass is 31.2. The van der Waals surface area contributed by atoms with Crippen LogP contribution < -0.4 is 0 Å². The zero-order chi connectivity index (χ0) is 47.0. The number of fused-ring (bicyclic) bond motifs is 2. The minimum atomic E-state index is -4.77. The van der Waals surface area contributed by atoms with Gasteiger partial charge in [0.2, 0.25) is 11.6 Å². The molecule has 18 heteroatoms. The molecule has 4 aromatic rings. The smallest absolute Gasteiger partial charge is 0.457 e. The van der Waals surface area contributed by atoms with Crippen LogP contribution in [0.1, 0.15) is 49.3 Å². The van der Waals surface area contributed by atoms with Crippen molar-refractivity contribution in [2.45, 2.75) is 120 Å². The maximum absolute atomic E-state index is 15.4. The van der Waals surface area contributed by atoms with Crippen molar-refractivity contribution in [2.24, 2.45) is 0 Å². The monoisotopic (exact) mass is 950 g/mol. The number of esters is 1. The summed E-state index contributed by atoms with van der Waals surface area (Å²) in [4.78, 5) is 12.9. The summed E-state index contributed by atoms with van der Waals surface area (Å²) >= 11 is 0. The van der Waals surface area contributed by atoms with E-state index in [-0.39, 0.29) is 26.4 Å². The van der Waals surface area contributed by atoms with Crippen LogP contribution >= 0.6 is 7.82 Å². The Kier molecular flexibility index (Phi) is 16.4. The van der Waals surface area contributed by atoms with E-state index in [1.807, 2.05) is 109 Å². The molecule has 0 radical (unpaired) electrons. The number of hydrogen-bond acceptors (Lipinski definition) is 17. The van der Waals surface area contributed by atoms with Crippen molar-refractivity contribution < 1.29 is 79.8 Å². The first kappa shape index (κ1) is 49.4. The van der Waals surface area contributed by atoms with E-state index in [9.17, 15) is 4.79 Å². The summed E-state index contributed by atoms with van der Waals surface area (Å²) in [6, 6.07) is 37.4. The Balaban J connectivity index is 1.10. The van der Waals surface area contributed by atoms with Crippen molar-refractivity contribution in [2.75, 3.05) is 34.5 Å². The number of methoxy groups -OCH3 is 3. The lowest BCUT2D eigenvalue weighted by atomic mass is 9.94. The Morgan fingerprint density at radius 2 is 1.16 bits per heavy atom. The van der Waals surface area contributed by atoms with Gasteiger partial charge in [-0.1, -0.05) is 121 Å². The number of carbonyl (C=O) groups is 1. The SMILES string of the molecule is CO[C@H]1O[C@H](COP(=O)(OCc2ccccc2)O[C@H]2O[C@@H]3CO[C@@H](c4ccccc4)O[C@H]3[C@H](OC(C)=O)[C@@H]2OCc2ccccc2)[C@H]2O[C@](C)(OC)[C@@](C)(OC)O[C@@H]2[C@@H]1OCc1ccccc1. The number of hydrogen-bond donors (Lipinski definition) is 0. The van der Waals surface area contributed by atoms with Crippen LogP contribution in [0.5, 0.6) is 0 Å². The van der Waals surface area contributed by atoms with Gasteiger partial charge in [0.15, 0.2) is 25.0 Å². The first-order valence-corrected chi connectivity index (χ1v) is 23.6. The molecular weight excluding hydrogens is 891 g/mol. The van der Waals surface area contributed by atoms with E-state index in [1.54, 1.807) is 26.0 Å². The summed E-state index contributed by atoms with van der Waals surface area (Å²) in [6.07, 6.45) is -11.4. The van der Waals surface area contributed by atoms with E-state index < -0.39 is 99.7 Å². The van der Waals surface area contributed by atoms with E-state index in [4.69, 9.17) is 70.4 Å². The Bertz CT molecular complexity index is 2210. The first-order chi connectivity index (χ1) is 32.4. The Morgan fingerprint density at radius 3 is 1.72 bits per heavy atom. The third kappa shape index (κ3) is 11.6. The third-order valence-corrected chi connectivity index (χ3v) is 13.6. The molecule has 362 valence electrons. The maximum atomic E-state index is 15.4. The van der Waals surface area contributed by atoms with E-state index >= 15 is 4.57 Å². The second-order valence-corrected chi connectivity index (χ2v) is 18.3. The Hall–Kier alpha value is -3.98. The molecule has 0 N–H and O–H groups in total. The molecule has 4 aliphatic heterocycles. The second-order valence-electron chi connectivity index (χ2n) is 16.7. The molecule has 0 amide bonds. The highest BCUT2D eigenvalue weighted by molar-refractivity contribution is 7.48. The number of phosphoric ester groups is 1. The normalized spacial score (nSPS) is 33.7. The fourth-order valence-electron chi connectivity index (χ4n) is 8.42. The van der Waals surface area contributed by atoms with Gasteiger partial charge in [-0.2, -0.15) is 0 Å². The molecule has 4 aromatic carbocycles. The van der Waals surface area contributed by atoms with E-state index in [1.165, 1.54) is 28.3 Å². The van der Waals surface area contributed by atoms with Crippen LogP contribution in [0.3, 0.4) is 0 Å². The topological polar surface area (TPSA) is 173 Å². The predicted octanol–water partition coefficient (Wildman–Crippen LogP) is 7.17. The standard InChI is InChI=1S/C49H59O17P/c1-32(50)60-41-39-37(30-57-45(63-39)36-25-17-10-18-26-36)62-47(43(41)55-27-33-19-11-7-12-20-33)66-67(51,58-29-35-23-15-9-16-24-35)59-31-38-40-42(65-49(3,54-6)48(2,53-5)64-40)44(46(52-4)61-38)56-28-34-21-13-8-14-22-34/h7-26,37-47H,27-31H2,1-6H3/t37-,38-,39-,40-,41+,42+,43+,44+,45-,46+,47-,48+,49+,67?/m1/s1. The average Bonchev–Trinajstić information content (AvgIpc) is 3.35. The van der Waals surface area contributed by atoms with Gasteiger partial charge < -0.3 is 56.8 Å². The van der Waals surface area contributed by atoms with Crippen molar-refractivity contribution >= 4 is 13.8 Å². The van der Waals surface area contributed by atoms with Crippen LogP contribution in [0.25, 0.3) is 0 Å². The molecule has 8 rings (SSSR count). The van der Waals surface area contributed by atoms with Crippen LogP contribution in [0.4, 0.5) is 0 Å². The minimum absolute atomic E-state index is 0.00973. The summed E-state index contributed by atoms with van der Waals surface area (Å²) < 4.78 is 110. The predicted molar refractivity (Wildman–Crippen MR) is 236 cm³/mol. The van der Waals surface area contributed by atoms with Gasteiger partial charge >= 0.3 is 13.8 Å². The summed E-state index contributed by atoms with van der Waals surface area (Å²) in [5.41, 5.74) is 3.11. The van der Waals surface area contributed by atoms with Gasteiger partial charge in [-0.3, -0.25) is 18.4 Å². The lowest BCUT2D eigenvalue weighted by Gasteiger charge is -2.57. The number of rotatable bonds is 19. The van der Waals surface area contributed by atoms with Gasteiger partial charge in [-0.15, -0.1) is 0 Å².